The number of nitriles is 1. The largest absolute Gasteiger partial charge is 0.378 e. The van der Waals surface area contributed by atoms with E-state index in [-0.39, 0.29) is 5.91 Å². The quantitative estimate of drug-likeness (QED) is 0.812. The van der Waals surface area contributed by atoms with Crippen molar-refractivity contribution in [3.63, 3.8) is 0 Å². The second kappa shape index (κ2) is 8.43. The predicted octanol–water partition coefficient (Wildman–Crippen LogP) is 3.63. The summed E-state index contributed by atoms with van der Waals surface area (Å²) in [6, 6.07) is 9.00. The lowest BCUT2D eigenvalue weighted by atomic mass is 9.98. The maximum Gasteiger partial charge on any atom is 0.224 e. The molecule has 2 rings (SSSR count). The van der Waals surface area contributed by atoms with Gasteiger partial charge < -0.3 is 10.1 Å². The summed E-state index contributed by atoms with van der Waals surface area (Å²) < 4.78 is 5.80. The van der Waals surface area contributed by atoms with Crippen LogP contribution in [0.1, 0.15) is 50.5 Å². The second-order valence-electron chi connectivity index (χ2n) is 5.48. The molecule has 21 heavy (non-hydrogen) atoms. The molecule has 1 fully saturated rings. The highest BCUT2D eigenvalue weighted by atomic mass is 16.5. The van der Waals surface area contributed by atoms with Crippen LogP contribution in [0.2, 0.25) is 0 Å². The van der Waals surface area contributed by atoms with Crippen LogP contribution in [-0.2, 0) is 9.53 Å². The molecule has 1 amide bonds. The van der Waals surface area contributed by atoms with E-state index in [0.717, 1.165) is 19.3 Å². The summed E-state index contributed by atoms with van der Waals surface area (Å²) in [5.74, 6) is -0.0302. The summed E-state index contributed by atoms with van der Waals surface area (Å²) in [5.41, 5.74) is 1.22. The molecule has 4 nitrogen and oxygen atoms in total. The third-order valence-electron chi connectivity index (χ3n) is 3.73. The number of nitrogens with one attached hydrogen (secondary N) is 1. The van der Waals surface area contributed by atoms with E-state index in [2.05, 4.69) is 11.4 Å². The Bertz CT molecular complexity index is 502. The van der Waals surface area contributed by atoms with Crippen LogP contribution in [0, 0.1) is 11.3 Å². The average Bonchev–Trinajstić information content (AvgIpc) is 2.53. The Hall–Kier alpha value is -1.86. The lowest BCUT2D eigenvalue weighted by Gasteiger charge is -2.21. The summed E-state index contributed by atoms with van der Waals surface area (Å²) >= 11 is 0. The molecule has 0 saturated heterocycles. The number of nitrogens with zero attached hydrogens (tertiary/aromatic N) is 1. The molecule has 1 aromatic carbocycles. The van der Waals surface area contributed by atoms with Crippen molar-refractivity contribution >= 4 is 11.6 Å². The third-order valence-corrected chi connectivity index (χ3v) is 3.73. The number of hydrogen-bond donors (Lipinski definition) is 1. The molecule has 0 radical (unpaired) electrons. The van der Waals surface area contributed by atoms with Gasteiger partial charge in [-0.05, 0) is 37.5 Å². The van der Waals surface area contributed by atoms with Crippen molar-refractivity contribution in [3.8, 4) is 6.07 Å². The van der Waals surface area contributed by atoms with Gasteiger partial charge in [0.05, 0.1) is 17.7 Å². The standard InChI is InChI=1S/C17H22N2O2/c18-13-14-6-4-7-15(12-14)19-17(20)10-5-11-21-16-8-2-1-3-9-16/h4,6-7,12,16H,1-3,5,8-11H2,(H,19,20). The molecule has 0 unspecified atom stereocenters. The molecule has 0 atom stereocenters. The number of carbonyl (C=O) groups is 1. The molecule has 0 heterocycles. The predicted molar refractivity (Wildman–Crippen MR) is 81.8 cm³/mol. The van der Waals surface area contributed by atoms with Crippen LogP contribution in [0.25, 0.3) is 0 Å². The minimum Gasteiger partial charge on any atom is -0.378 e. The Morgan fingerprint density at radius 3 is 2.90 bits per heavy atom. The third kappa shape index (κ3) is 5.57. The van der Waals surface area contributed by atoms with Crippen LogP contribution < -0.4 is 5.32 Å². The van der Waals surface area contributed by atoms with E-state index < -0.39 is 0 Å². The van der Waals surface area contributed by atoms with E-state index in [1.54, 1.807) is 24.3 Å². The zero-order valence-electron chi connectivity index (χ0n) is 12.3. The fraction of sp³-hybridized carbons (Fsp3) is 0.529. The van der Waals surface area contributed by atoms with Crippen molar-refractivity contribution in [3.05, 3.63) is 29.8 Å². The van der Waals surface area contributed by atoms with Gasteiger partial charge >= 0.3 is 0 Å². The van der Waals surface area contributed by atoms with E-state index in [1.807, 2.05) is 0 Å². The number of anilines is 1. The highest BCUT2D eigenvalue weighted by Crippen LogP contribution is 2.20. The number of amides is 1. The maximum atomic E-state index is 11.8. The van der Waals surface area contributed by atoms with E-state index >= 15 is 0 Å². The topological polar surface area (TPSA) is 62.1 Å². The van der Waals surface area contributed by atoms with Crippen molar-refractivity contribution in [1.29, 1.82) is 5.26 Å². The second-order valence-corrected chi connectivity index (χ2v) is 5.48. The molecule has 1 aliphatic carbocycles. The van der Waals surface area contributed by atoms with Crippen molar-refractivity contribution in [2.75, 3.05) is 11.9 Å². The molecule has 1 N–H and O–H groups in total. The fourth-order valence-electron chi connectivity index (χ4n) is 2.60. The lowest BCUT2D eigenvalue weighted by Crippen LogP contribution is -2.18. The van der Waals surface area contributed by atoms with Gasteiger partial charge in [0.15, 0.2) is 0 Å². The average molecular weight is 286 g/mol. The Labute approximate surface area is 126 Å². The smallest absolute Gasteiger partial charge is 0.224 e. The molecule has 112 valence electrons. The van der Waals surface area contributed by atoms with Crippen LogP contribution in [0.15, 0.2) is 24.3 Å². The molecule has 0 spiro atoms. The molecular formula is C17H22N2O2. The first kappa shape index (κ1) is 15.5. The lowest BCUT2D eigenvalue weighted by molar-refractivity contribution is -0.116. The van der Waals surface area contributed by atoms with Crippen LogP contribution in [-0.4, -0.2) is 18.6 Å². The van der Waals surface area contributed by atoms with Gasteiger partial charge in [-0.1, -0.05) is 25.3 Å². The van der Waals surface area contributed by atoms with Gasteiger partial charge in [-0.15, -0.1) is 0 Å². The van der Waals surface area contributed by atoms with Crippen molar-refractivity contribution in [2.45, 2.75) is 51.0 Å². The highest BCUT2D eigenvalue weighted by molar-refractivity contribution is 5.90. The van der Waals surface area contributed by atoms with E-state index in [9.17, 15) is 4.79 Å². The number of hydrogen-bond acceptors (Lipinski definition) is 3. The van der Waals surface area contributed by atoms with Gasteiger partial charge in [-0.3, -0.25) is 4.79 Å². The summed E-state index contributed by atoms with van der Waals surface area (Å²) in [5, 5.41) is 11.6. The van der Waals surface area contributed by atoms with Crippen LogP contribution >= 0.6 is 0 Å². The van der Waals surface area contributed by atoms with Crippen molar-refractivity contribution < 1.29 is 9.53 Å². The maximum absolute atomic E-state index is 11.8. The molecule has 4 heteroatoms. The van der Waals surface area contributed by atoms with E-state index in [4.69, 9.17) is 10.00 Å². The molecule has 1 aliphatic rings. The molecule has 1 aromatic rings. The van der Waals surface area contributed by atoms with Gasteiger partial charge in [0, 0.05) is 18.7 Å². The monoisotopic (exact) mass is 286 g/mol. The van der Waals surface area contributed by atoms with Gasteiger partial charge in [-0.2, -0.15) is 5.26 Å². The molecule has 0 aromatic heterocycles. The zero-order chi connectivity index (χ0) is 14.9. The van der Waals surface area contributed by atoms with Gasteiger partial charge in [-0.25, -0.2) is 0 Å². The molecule has 1 saturated carbocycles. The number of rotatable bonds is 6. The molecule has 0 bridgehead atoms. The summed E-state index contributed by atoms with van der Waals surface area (Å²) in [6.07, 6.45) is 7.75. The minimum absolute atomic E-state index is 0.0302. The fourth-order valence-corrected chi connectivity index (χ4v) is 2.60. The van der Waals surface area contributed by atoms with Crippen LogP contribution in [0.3, 0.4) is 0 Å². The Balaban J connectivity index is 1.64. The Kier molecular flexibility index (Phi) is 6.23. The van der Waals surface area contributed by atoms with Gasteiger partial charge in [0.1, 0.15) is 0 Å². The van der Waals surface area contributed by atoms with Gasteiger partial charge in [0.25, 0.3) is 0 Å². The highest BCUT2D eigenvalue weighted by Gasteiger charge is 2.13. The minimum atomic E-state index is -0.0302. The molecule has 0 aliphatic heterocycles. The first-order chi connectivity index (χ1) is 10.3. The Morgan fingerprint density at radius 2 is 2.14 bits per heavy atom. The van der Waals surface area contributed by atoms with Crippen molar-refractivity contribution in [2.24, 2.45) is 0 Å². The van der Waals surface area contributed by atoms with Gasteiger partial charge in [0.2, 0.25) is 5.91 Å². The first-order valence-electron chi connectivity index (χ1n) is 7.69. The Morgan fingerprint density at radius 1 is 1.33 bits per heavy atom. The van der Waals surface area contributed by atoms with Crippen molar-refractivity contribution in [1.82, 2.24) is 0 Å². The van der Waals surface area contributed by atoms with E-state index in [0.29, 0.717) is 30.4 Å². The number of benzene rings is 1. The zero-order valence-corrected chi connectivity index (χ0v) is 12.3. The number of carbonyl (C=O) groups excluding carboxylic acids is 1. The van der Waals surface area contributed by atoms with Crippen LogP contribution in [0.4, 0.5) is 5.69 Å². The normalized spacial score (nSPS) is 15.4. The summed E-state index contributed by atoms with van der Waals surface area (Å²) in [7, 11) is 0. The SMILES string of the molecule is N#Cc1cccc(NC(=O)CCCOC2CCCCC2)c1. The van der Waals surface area contributed by atoms with E-state index in [1.165, 1.54) is 19.3 Å². The number of ether oxygens (including phenoxy) is 1. The molecular weight excluding hydrogens is 264 g/mol. The first-order valence-corrected chi connectivity index (χ1v) is 7.69. The van der Waals surface area contributed by atoms with Crippen LogP contribution in [0.5, 0.6) is 0 Å². The summed E-state index contributed by atoms with van der Waals surface area (Å²) in [6.45, 7) is 0.649. The summed E-state index contributed by atoms with van der Waals surface area (Å²) in [4.78, 5) is 11.8.